The molecular formula is C14H21INO2+. The molecule has 2 N–H and O–H groups in total. The van der Waals surface area contributed by atoms with Crippen molar-refractivity contribution in [2.75, 3.05) is 26.3 Å². The molecule has 1 aliphatic rings. The summed E-state index contributed by atoms with van der Waals surface area (Å²) in [5.41, 5.74) is 1.21. The number of nitrogens with two attached hydrogens (primary N) is 1. The summed E-state index contributed by atoms with van der Waals surface area (Å²) < 4.78 is 12.6. The van der Waals surface area contributed by atoms with Gasteiger partial charge in [0.05, 0.1) is 0 Å². The number of hydrogen-bond donors (Lipinski definition) is 1. The van der Waals surface area contributed by atoms with Crippen LogP contribution in [0.3, 0.4) is 0 Å². The molecule has 3 nitrogen and oxygen atoms in total. The van der Waals surface area contributed by atoms with Crippen molar-refractivity contribution in [1.29, 1.82) is 0 Å². The van der Waals surface area contributed by atoms with E-state index >= 15 is 0 Å². The third kappa shape index (κ3) is 4.40. The molecule has 4 heteroatoms. The zero-order chi connectivity index (χ0) is 12.8. The molecule has 1 aromatic carbocycles. The van der Waals surface area contributed by atoms with Gasteiger partial charge in [0.2, 0.25) is 0 Å². The molecule has 1 heterocycles. The van der Waals surface area contributed by atoms with Crippen LogP contribution in [0.4, 0.5) is 0 Å². The number of halogens is 1. The molecular weight excluding hydrogens is 341 g/mol. The normalized spacial score (nSPS) is 19.1. The van der Waals surface area contributed by atoms with Gasteiger partial charge in [-0.25, -0.2) is 0 Å². The van der Waals surface area contributed by atoms with E-state index < -0.39 is 0 Å². The summed E-state index contributed by atoms with van der Waals surface area (Å²) in [5.74, 6) is 1.00. The van der Waals surface area contributed by atoms with Crippen molar-refractivity contribution in [2.45, 2.75) is 25.9 Å². The van der Waals surface area contributed by atoms with E-state index in [-0.39, 0.29) is 0 Å². The molecule has 0 unspecified atom stereocenters. The third-order valence-corrected chi connectivity index (χ3v) is 3.84. The topological polar surface area (TPSA) is 35.1 Å². The van der Waals surface area contributed by atoms with Gasteiger partial charge in [-0.3, -0.25) is 0 Å². The van der Waals surface area contributed by atoms with Crippen LogP contribution in [0.25, 0.3) is 0 Å². The number of rotatable bonds is 6. The summed E-state index contributed by atoms with van der Waals surface area (Å²) in [7, 11) is 0. The van der Waals surface area contributed by atoms with Crippen molar-refractivity contribution < 1.29 is 14.8 Å². The first-order chi connectivity index (χ1) is 8.75. The molecule has 100 valence electrons. The Labute approximate surface area is 122 Å². The first-order valence-corrected chi connectivity index (χ1v) is 7.66. The monoisotopic (exact) mass is 362 g/mol. The molecule has 0 aromatic heterocycles. The third-order valence-electron chi connectivity index (χ3n) is 3.17. The van der Waals surface area contributed by atoms with Crippen LogP contribution in [0.5, 0.6) is 5.75 Å². The fraction of sp³-hybridized carbons (Fsp3) is 0.571. The van der Waals surface area contributed by atoms with Crippen LogP contribution < -0.4 is 10.1 Å². The van der Waals surface area contributed by atoms with Crippen LogP contribution in [0, 0.1) is 10.5 Å². The molecule has 2 rings (SSSR count). The SMILES string of the molecule is Cc1cc(I)ccc1OCC[NH2+]C[C@H]1CCCO1. The number of aryl methyl sites for hydroxylation is 1. The molecule has 1 fully saturated rings. The van der Waals surface area contributed by atoms with Gasteiger partial charge in [0.25, 0.3) is 0 Å². The van der Waals surface area contributed by atoms with Gasteiger partial charge >= 0.3 is 0 Å². The van der Waals surface area contributed by atoms with Crippen LogP contribution in [0.15, 0.2) is 18.2 Å². The predicted octanol–water partition coefficient (Wildman–Crippen LogP) is 1.72. The molecule has 1 saturated heterocycles. The molecule has 0 spiro atoms. The number of benzene rings is 1. The Morgan fingerprint density at radius 3 is 3.11 bits per heavy atom. The zero-order valence-electron chi connectivity index (χ0n) is 10.8. The fourth-order valence-electron chi connectivity index (χ4n) is 2.16. The minimum Gasteiger partial charge on any atom is -0.487 e. The number of quaternary nitrogens is 1. The first kappa shape index (κ1) is 14.1. The number of ether oxygens (including phenoxy) is 2. The van der Waals surface area contributed by atoms with E-state index in [1.54, 1.807) is 0 Å². The Morgan fingerprint density at radius 1 is 1.50 bits per heavy atom. The fourth-order valence-corrected chi connectivity index (χ4v) is 2.81. The lowest BCUT2D eigenvalue weighted by molar-refractivity contribution is -0.661. The van der Waals surface area contributed by atoms with Crippen LogP contribution >= 0.6 is 22.6 Å². The lowest BCUT2D eigenvalue weighted by Gasteiger charge is -2.10. The molecule has 0 radical (unpaired) electrons. The summed E-state index contributed by atoms with van der Waals surface area (Å²) in [6.45, 7) is 5.85. The lowest BCUT2D eigenvalue weighted by atomic mass is 10.2. The summed E-state index contributed by atoms with van der Waals surface area (Å²) >= 11 is 2.32. The summed E-state index contributed by atoms with van der Waals surface area (Å²) in [4.78, 5) is 0. The van der Waals surface area contributed by atoms with Crippen molar-refractivity contribution in [1.82, 2.24) is 0 Å². The lowest BCUT2D eigenvalue weighted by Crippen LogP contribution is -2.87. The molecule has 1 atom stereocenters. The van der Waals surface area contributed by atoms with Gasteiger partial charge in [0, 0.05) is 10.2 Å². The van der Waals surface area contributed by atoms with Gasteiger partial charge in [0.1, 0.15) is 31.5 Å². The van der Waals surface area contributed by atoms with Crippen LogP contribution in [-0.2, 0) is 4.74 Å². The van der Waals surface area contributed by atoms with E-state index in [9.17, 15) is 0 Å². The highest BCUT2D eigenvalue weighted by molar-refractivity contribution is 14.1. The van der Waals surface area contributed by atoms with Gasteiger partial charge < -0.3 is 14.8 Å². The second kappa shape index (κ2) is 7.31. The minimum atomic E-state index is 0.463. The van der Waals surface area contributed by atoms with Gasteiger partial charge in [-0.2, -0.15) is 0 Å². The minimum absolute atomic E-state index is 0.463. The van der Waals surface area contributed by atoms with E-state index in [0.29, 0.717) is 6.10 Å². The van der Waals surface area contributed by atoms with Crippen LogP contribution in [-0.4, -0.2) is 32.4 Å². The summed E-state index contributed by atoms with van der Waals surface area (Å²) in [6, 6.07) is 6.28. The Kier molecular flexibility index (Phi) is 5.72. The first-order valence-electron chi connectivity index (χ1n) is 6.58. The highest BCUT2D eigenvalue weighted by Crippen LogP contribution is 2.19. The highest BCUT2D eigenvalue weighted by Gasteiger charge is 2.16. The van der Waals surface area contributed by atoms with E-state index in [2.05, 4.69) is 53.0 Å². The van der Waals surface area contributed by atoms with Crippen molar-refractivity contribution in [3.05, 3.63) is 27.3 Å². The Hall–Kier alpha value is -0.330. The quantitative estimate of drug-likeness (QED) is 0.618. The zero-order valence-corrected chi connectivity index (χ0v) is 13.0. The average molecular weight is 362 g/mol. The van der Waals surface area contributed by atoms with E-state index in [0.717, 1.165) is 32.1 Å². The van der Waals surface area contributed by atoms with Crippen molar-refractivity contribution >= 4 is 22.6 Å². The predicted molar refractivity (Wildman–Crippen MR) is 80.0 cm³/mol. The molecule has 0 saturated carbocycles. The second-order valence-corrected chi connectivity index (χ2v) is 5.95. The Balaban J connectivity index is 1.62. The highest BCUT2D eigenvalue weighted by atomic mass is 127. The summed E-state index contributed by atoms with van der Waals surface area (Å²) in [6.07, 6.45) is 2.90. The van der Waals surface area contributed by atoms with Gasteiger partial charge in [-0.05, 0) is 66.1 Å². The largest absolute Gasteiger partial charge is 0.487 e. The molecule has 0 bridgehead atoms. The Bertz CT molecular complexity index is 378. The number of hydrogen-bond acceptors (Lipinski definition) is 2. The summed E-state index contributed by atoms with van der Waals surface area (Å²) in [5, 5.41) is 2.29. The van der Waals surface area contributed by atoms with Gasteiger partial charge in [-0.15, -0.1) is 0 Å². The van der Waals surface area contributed by atoms with Gasteiger partial charge in [0.15, 0.2) is 0 Å². The molecule has 0 aliphatic carbocycles. The smallest absolute Gasteiger partial charge is 0.137 e. The average Bonchev–Trinajstić information content (AvgIpc) is 2.84. The van der Waals surface area contributed by atoms with E-state index in [1.807, 2.05) is 0 Å². The Morgan fingerprint density at radius 2 is 2.39 bits per heavy atom. The van der Waals surface area contributed by atoms with E-state index in [4.69, 9.17) is 9.47 Å². The van der Waals surface area contributed by atoms with Gasteiger partial charge in [-0.1, -0.05) is 0 Å². The van der Waals surface area contributed by atoms with Crippen LogP contribution in [0.1, 0.15) is 18.4 Å². The molecule has 1 aliphatic heterocycles. The molecule has 1 aromatic rings. The maximum atomic E-state index is 5.78. The van der Waals surface area contributed by atoms with Crippen molar-refractivity contribution in [3.8, 4) is 5.75 Å². The molecule has 0 amide bonds. The van der Waals surface area contributed by atoms with E-state index in [1.165, 1.54) is 22.0 Å². The van der Waals surface area contributed by atoms with Crippen molar-refractivity contribution in [3.63, 3.8) is 0 Å². The van der Waals surface area contributed by atoms with Crippen molar-refractivity contribution in [2.24, 2.45) is 0 Å². The standard InChI is InChI=1S/C14H20INO2/c1-11-9-12(15)4-5-14(11)18-8-6-16-10-13-3-2-7-17-13/h4-5,9,13,16H,2-3,6-8,10H2,1H3/p+1/t13-/m1/s1. The maximum absolute atomic E-state index is 5.78. The van der Waals surface area contributed by atoms with Crippen LogP contribution in [0.2, 0.25) is 0 Å². The molecule has 18 heavy (non-hydrogen) atoms. The maximum Gasteiger partial charge on any atom is 0.137 e. The second-order valence-electron chi connectivity index (χ2n) is 4.71.